The molecule has 0 aliphatic carbocycles. The first-order valence-corrected chi connectivity index (χ1v) is 5.73. The van der Waals surface area contributed by atoms with Crippen LogP contribution < -0.4 is 5.32 Å². The highest BCUT2D eigenvalue weighted by Crippen LogP contribution is 2.18. The number of carboxylic acid groups (broad SMARTS) is 1. The molecule has 0 fully saturated rings. The van der Waals surface area contributed by atoms with Crippen LogP contribution in [0.3, 0.4) is 0 Å². The van der Waals surface area contributed by atoms with Crippen LogP contribution in [0.4, 0.5) is 10.1 Å². The first-order chi connectivity index (χ1) is 9.47. The molecule has 0 spiro atoms. The van der Waals surface area contributed by atoms with Crippen molar-refractivity contribution in [3.8, 4) is 0 Å². The molecule has 0 saturated carbocycles. The second kappa shape index (κ2) is 5.48. The van der Waals surface area contributed by atoms with E-state index in [2.05, 4.69) is 10.3 Å². The summed E-state index contributed by atoms with van der Waals surface area (Å²) >= 11 is 0. The third-order valence-corrected chi connectivity index (χ3v) is 2.70. The van der Waals surface area contributed by atoms with E-state index in [0.29, 0.717) is 11.3 Å². The lowest BCUT2D eigenvalue weighted by molar-refractivity contribution is 0.0696. The van der Waals surface area contributed by atoms with E-state index in [9.17, 15) is 14.0 Å². The molecule has 1 heterocycles. The first kappa shape index (κ1) is 13.7. The summed E-state index contributed by atoms with van der Waals surface area (Å²) in [5.41, 5.74) is 1.18. The Labute approximate surface area is 114 Å². The fraction of sp³-hybridized carbons (Fsp3) is 0.0714. The minimum Gasteiger partial charge on any atom is -0.478 e. The summed E-state index contributed by atoms with van der Waals surface area (Å²) in [7, 11) is 0. The molecule has 0 saturated heterocycles. The average Bonchev–Trinajstić information content (AvgIpc) is 2.41. The molecule has 6 heteroatoms. The Balaban J connectivity index is 2.27. The van der Waals surface area contributed by atoms with Gasteiger partial charge in [-0.25, -0.2) is 9.18 Å². The fourth-order valence-corrected chi connectivity index (χ4v) is 1.62. The van der Waals surface area contributed by atoms with E-state index in [1.54, 1.807) is 13.0 Å². The Bertz CT molecular complexity index is 686. The third kappa shape index (κ3) is 2.97. The van der Waals surface area contributed by atoms with Crippen molar-refractivity contribution in [2.24, 2.45) is 0 Å². The van der Waals surface area contributed by atoms with Gasteiger partial charge < -0.3 is 10.4 Å². The van der Waals surface area contributed by atoms with E-state index >= 15 is 0 Å². The molecule has 0 aliphatic rings. The molecule has 20 heavy (non-hydrogen) atoms. The van der Waals surface area contributed by atoms with Gasteiger partial charge in [0.05, 0.1) is 17.3 Å². The molecule has 1 aromatic heterocycles. The number of carbonyl (C=O) groups excluding carboxylic acids is 1. The number of hydrogen-bond acceptors (Lipinski definition) is 3. The topological polar surface area (TPSA) is 79.3 Å². The highest BCUT2D eigenvalue weighted by molar-refractivity contribution is 6.05. The van der Waals surface area contributed by atoms with Gasteiger partial charge in [0.2, 0.25) is 0 Å². The molecule has 102 valence electrons. The number of nitrogens with one attached hydrogen (secondary N) is 1. The summed E-state index contributed by atoms with van der Waals surface area (Å²) in [6.07, 6.45) is 2.22. The van der Waals surface area contributed by atoms with E-state index in [1.165, 1.54) is 18.3 Å². The average molecular weight is 274 g/mol. The smallest absolute Gasteiger partial charge is 0.335 e. The predicted molar refractivity (Wildman–Crippen MR) is 70.3 cm³/mol. The maximum absolute atomic E-state index is 13.0. The van der Waals surface area contributed by atoms with Crippen molar-refractivity contribution >= 4 is 17.6 Å². The van der Waals surface area contributed by atoms with E-state index in [-0.39, 0.29) is 11.1 Å². The summed E-state index contributed by atoms with van der Waals surface area (Å²) in [6.45, 7) is 1.73. The summed E-state index contributed by atoms with van der Waals surface area (Å²) < 4.78 is 13.0. The number of hydrogen-bond donors (Lipinski definition) is 2. The van der Waals surface area contributed by atoms with Gasteiger partial charge >= 0.3 is 5.97 Å². The lowest BCUT2D eigenvalue weighted by Gasteiger charge is -2.09. The van der Waals surface area contributed by atoms with Crippen LogP contribution in [0.15, 0.2) is 36.7 Å². The highest BCUT2D eigenvalue weighted by atomic mass is 19.1. The van der Waals surface area contributed by atoms with Crippen LogP contribution in [0.2, 0.25) is 0 Å². The molecule has 0 unspecified atom stereocenters. The van der Waals surface area contributed by atoms with Crippen molar-refractivity contribution < 1.29 is 19.1 Å². The van der Waals surface area contributed by atoms with Crippen LogP contribution >= 0.6 is 0 Å². The van der Waals surface area contributed by atoms with Gasteiger partial charge in [0.1, 0.15) is 5.82 Å². The zero-order valence-electron chi connectivity index (χ0n) is 10.6. The number of rotatable bonds is 3. The molecule has 0 atom stereocenters. The van der Waals surface area contributed by atoms with Crippen molar-refractivity contribution in [2.45, 2.75) is 6.92 Å². The molecule has 2 N–H and O–H groups in total. The number of pyridine rings is 1. The molecular weight excluding hydrogens is 263 g/mol. The van der Waals surface area contributed by atoms with Gasteiger partial charge in [-0.15, -0.1) is 0 Å². The number of benzene rings is 1. The van der Waals surface area contributed by atoms with E-state index < -0.39 is 17.7 Å². The largest absolute Gasteiger partial charge is 0.478 e. The van der Waals surface area contributed by atoms with Crippen LogP contribution in [-0.2, 0) is 0 Å². The lowest BCUT2D eigenvalue weighted by atomic mass is 10.1. The SMILES string of the molecule is Cc1ccc(C(=O)O)cc1NC(=O)c1cncc(F)c1. The number of aromatic nitrogens is 1. The maximum Gasteiger partial charge on any atom is 0.335 e. The van der Waals surface area contributed by atoms with E-state index in [1.807, 2.05) is 0 Å². The number of anilines is 1. The number of aryl methyl sites for hydroxylation is 1. The van der Waals surface area contributed by atoms with Crippen molar-refractivity contribution in [2.75, 3.05) is 5.32 Å². The predicted octanol–water partition coefficient (Wildman–Crippen LogP) is 2.48. The number of carboxylic acids is 1. The van der Waals surface area contributed by atoms with Crippen molar-refractivity contribution in [1.82, 2.24) is 4.98 Å². The van der Waals surface area contributed by atoms with Gasteiger partial charge in [-0.3, -0.25) is 9.78 Å². The van der Waals surface area contributed by atoms with Gasteiger partial charge in [-0.1, -0.05) is 6.07 Å². The van der Waals surface area contributed by atoms with Crippen molar-refractivity contribution in [3.63, 3.8) is 0 Å². The summed E-state index contributed by atoms with van der Waals surface area (Å²) in [5, 5.41) is 11.5. The van der Waals surface area contributed by atoms with Crippen LogP contribution in [0.25, 0.3) is 0 Å². The Kier molecular flexibility index (Phi) is 3.74. The van der Waals surface area contributed by atoms with E-state index in [4.69, 9.17) is 5.11 Å². The van der Waals surface area contributed by atoms with Crippen LogP contribution in [0, 0.1) is 12.7 Å². The van der Waals surface area contributed by atoms with Crippen LogP contribution in [0.5, 0.6) is 0 Å². The standard InChI is InChI=1S/C14H11FN2O3/c1-8-2-3-9(14(19)20)5-12(8)17-13(18)10-4-11(15)7-16-6-10/h2-7H,1H3,(H,17,18)(H,19,20). The monoisotopic (exact) mass is 274 g/mol. The molecule has 2 aromatic rings. The van der Waals surface area contributed by atoms with Gasteiger partial charge in [0, 0.05) is 11.9 Å². The molecule has 0 aliphatic heterocycles. The Hall–Kier alpha value is -2.76. The van der Waals surface area contributed by atoms with Gasteiger partial charge in [-0.2, -0.15) is 0 Å². The molecule has 0 bridgehead atoms. The molecule has 2 rings (SSSR count). The van der Waals surface area contributed by atoms with E-state index in [0.717, 1.165) is 12.3 Å². The van der Waals surface area contributed by atoms with Crippen LogP contribution in [-0.4, -0.2) is 22.0 Å². The summed E-state index contributed by atoms with van der Waals surface area (Å²) in [5.74, 6) is -2.26. The Morgan fingerprint density at radius 2 is 1.95 bits per heavy atom. The van der Waals surface area contributed by atoms with Gasteiger partial charge in [-0.05, 0) is 30.7 Å². The van der Waals surface area contributed by atoms with Crippen molar-refractivity contribution in [1.29, 1.82) is 0 Å². The molecule has 5 nitrogen and oxygen atoms in total. The second-order valence-electron chi connectivity index (χ2n) is 4.18. The number of carbonyl (C=O) groups is 2. The van der Waals surface area contributed by atoms with Crippen LogP contribution in [0.1, 0.15) is 26.3 Å². The number of nitrogens with zero attached hydrogens (tertiary/aromatic N) is 1. The number of aromatic carboxylic acids is 1. The highest BCUT2D eigenvalue weighted by Gasteiger charge is 2.11. The van der Waals surface area contributed by atoms with Gasteiger partial charge in [0.15, 0.2) is 0 Å². The zero-order valence-corrected chi connectivity index (χ0v) is 10.6. The quantitative estimate of drug-likeness (QED) is 0.901. The lowest BCUT2D eigenvalue weighted by Crippen LogP contribution is -2.14. The summed E-state index contributed by atoms with van der Waals surface area (Å²) in [6, 6.07) is 5.43. The van der Waals surface area contributed by atoms with Gasteiger partial charge in [0.25, 0.3) is 5.91 Å². The number of halogens is 1. The normalized spacial score (nSPS) is 10.1. The van der Waals surface area contributed by atoms with Crippen molar-refractivity contribution in [3.05, 3.63) is 59.2 Å². The fourth-order valence-electron chi connectivity index (χ4n) is 1.62. The molecule has 1 amide bonds. The zero-order chi connectivity index (χ0) is 14.7. The Morgan fingerprint density at radius 3 is 2.60 bits per heavy atom. The third-order valence-electron chi connectivity index (χ3n) is 2.70. The first-order valence-electron chi connectivity index (χ1n) is 5.73. The number of amides is 1. The molecule has 1 aromatic carbocycles. The second-order valence-corrected chi connectivity index (χ2v) is 4.18. The maximum atomic E-state index is 13.0. The minimum absolute atomic E-state index is 0.0586. The summed E-state index contributed by atoms with van der Waals surface area (Å²) in [4.78, 5) is 26.4. The molecule has 0 radical (unpaired) electrons. The Morgan fingerprint density at radius 1 is 1.20 bits per heavy atom. The molecular formula is C14H11FN2O3. The minimum atomic E-state index is -1.09.